The number of thiazole rings is 1. The average Bonchev–Trinajstić information content (AvgIpc) is 2.86. The Bertz CT molecular complexity index is 664. The molecule has 0 radical (unpaired) electrons. The van der Waals surface area contributed by atoms with E-state index in [1.165, 1.54) is 11.1 Å². The second-order valence-corrected chi connectivity index (χ2v) is 7.39. The van der Waals surface area contributed by atoms with E-state index in [9.17, 15) is 4.79 Å². The van der Waals surface area contributed by atoms with E-state index in [0.29, 0.717) is 24.7 Å². The van der Waals surface area contributed by atoms with Crippen LogP contribution in [0.25, 0.3) is 0 Å². The number of benzene rings is 1. The second kappa shape index (κ2) is 8.22. The molecule has 23 heavy (non-hydrogen) atoms. The van der Waals surface area contributed by atoms with Crippen molar-refractivity contribution in [1.29, 1.82) is 0 Å². The summed E-state index contributed by atoms with van der Waals surface area (Å²) >= 11 is 1.55. The molecular weight excluding hydrogens is 306 g/mol. The number of aromatic nitrogens is 1. The van der Waals surface area contributed by atoms with Crippen molar-refractivity contribution >= 4 is 17.2 Å². The molecule has 4 nitrogen and oxygen atoms in total. The van der Waals surface area contributed by atoms with Crippen LogP contribution in [0.5, 0.6) is 0 Å². The number of nitrogens with zero attached hydrogens (tertiary/aromatic N) is 1. The molecule has 1 heterocycles. The molecule has 0 spiro atoms. The molecule has 0 aliphatic carbocycles. The first-order valence-corrected chi connectivity index (χ1v) is 8.84. The fourth-order valence-corrected chi connectivity index (χ4v) is 3.47. The van der Waals surface area contributed by atoms with Gasteiger partial charge in [0.15, 0.2) is 0 Å². The zero-order chi connectivity index (χ0) is 16.8. The van der Waals surface area contributed by atoms with E-state index < -0.39 is 0 Å². The van der Waals surface area contributed by atoms with Gasteiger partial charge in [-0.3, -0.25) is 4.79 Å². The Balaban J connectivity index is 2.05. The third kappa shape index (κ3) is 4.88. The Morgan fingerprint density at radius 2 is 2.00 bits per heavy atom. The Morgan fingerprint density at radius 1 is 1.30 bits per heavy atom. The molecule has 0 saturated carbocycles. The molecule has 2 aromatic rings. The van der Waals surface area contributed by atoms with E-state index >= 15 is 0 Å². The number of amides is 1. The number of hydrogen-bond donors (Lipinski definition) is 2. The summed E-state index contributed by atoms with van der Waals surface area (Å²) in [5, 5.41) is 3.93. The van der Waals surface area contributed by atoms with Crippen molar-refractivity contribution in [3.05, 3.63) is 51.0 Å². The molecule has 3 N–H and O–H groups in total. The van der Waals surface area contributed by atoms with Gasteiger partial charge in [-0.15, -0.1) is 11.3 Å². The Morgan fingerprint density at radius 3 is 2.65 bits per heavy atom. The first-order valence-electron chi connectivity index (χ1n) is 8.02. The smallest absolute Gasteiger partial charge is 0.271 e. The van der Waals surface area contributed by atoms with Gasteiger partial charge >= 0.3 is 0 Å². The molecule has 2 rings (SSSR count). The minimum absolute atomic E-state index is 0.110. The lowest BCUT2D eigenvalue weighted by Gasteiger charge is -2.12. The van der Waals surface area contributed by atoms with E-state index in [1.807, 2.05) is 19.1 Å². The predicted octanol–water partition coefficient (Wildman–Crippen LogP) is 3.08. The number of nitrogens with one attached hydrogen (secondary N) is 1. The molecule has 0 fully saturated rings. The van der Waals surface area contributed by atoms with Crippen molar-refractivity contribution in [2.75, 3.05) is 6.54 Å². The van der Waals surface area contributed by atoms with Gasteiger partial charge in [0.1, 0.15) is 5.69 Å². The lowest BCUT2D eigenvalue weighted by atomic mass is 9.98. The summed E-state index contributed by atoms with van der Waals surface area (Å²) < 4.78 is 0. The van der Waals surface area contributed by atoms with Gasteiger partial charge in [-0.1, -0.05) is 38.1 Å². The number of carbonyl (C=O) groups excluding carboxylic acids is 1. The summed E-state index contributed by atoms with van der Waals surface area (Å²) in [6.07, 6.45) is 1.73. The molecule has 1 aromatic carbocycles. The summed E-state index contributed by atoms with van der Waals surface area (Å²) in [7, 11) is 0. The third-order valence-electron chi connectivity index (χ3n) is 3.60. The average molecular weight is 331 g/mol. The van der Waals surface area contributed by atoms with Crippen LogP contribution in [-0.2, 0) is 19.4 Å². The van der Waals surface area contributed by atoms with Crippen molar-refractivity contribution in [1.82, 2.24) is 10.3 Å². The van der Waals surface area contributed by atoms with Crippen molar-refractivity contribution < 1.29 is 4.79 Å². The van der Waals surface area contributed by atoms with Crippen LogP contribution in [0.3, 0.4) is 0 Å². The van der Waals surface area contributed by atoms with Crippen molar-refractivity contribution in [2.24, 2.45) is 11.7 Å². The molecule has 1 amide bonds. The zero-order valence-corrected chi connectivity index (χ0v) is 14.9. The molecule has 0 saturated heterocycles. The molecule has 0 bridgehead atoms. The van der Waals surface area contributed by atoms with Gasteiger partial charge in [-0.25, -0.2) is 4.98 Å². The van der Waals surface area contributed by atoms with E-state index in [-0.39, 0.29) is 5.91 Å². The number of aryl methyl sites for hydroxylation is 1. The first kappa shape index (κ1) is 17.6. The van der Waals surface area contributed by atoms with Crippen LogP contribution in [0.1, 0.15) is 45.3 Å². The molecule has 1 aromatic heterocycles. The van der Waals surface area contributed by atoms with Crippen LogP contribution in [0.2, 0.25) is 0 Å². The highest BCUT2D eigenvalue weighted by Gasteiger charge is 2.15. The maximum absolute atomic E-state index is 12.4. The summed E-state index contributed by atoms with van der Waals surface area (Å²) in [5.74, 6) is 0.479. The Hall–Kier alpha value is -1.72. The van der Waals surface area contributed by atoms with Crippen molar-refractivity contribution in [2.45, 2.75) is 40.2 Å². The Kier molecular flexibility index (Phi) is 6.30. The Labute approximate surface area is 142 Å². The van der Waals surface area contributed by atoms with Gasteiger partial charge in [0.2, 0.25) is 0 Å². The van der Waals surface area contributed by atoms with E-state index in [4.69, 9.17) is 5.73 Å². The van der Waals surface area contributed by atoms with Crippen LogP contribution < -0.4 is 11.1 Å². The summed E-state index contributed by atoms with van der Waals surface area (Å²) in [5.41, 5.74) is 8.54. The van der Waals surface area contributed by atoms with E-state index in [1.54, 1.807) is 11.3 Å². The van der Waals surface area contributed by atoms with Gasteiger partial charge in [-0.2, -0.15) is 0 Å². The van der Waals surface area contributed by atoms with Gasteiger partial charge in [0.25, 0.3) is 5.91 Å². The quantitative estimate of drug-likeness (QED) is 0.819. The predicted molar refractivity (Wildman–Crippen MR) is 95.8 cm³/mol. The lowest BCUT2D eigenvalue weighted by Crippen LogP contribution is -2.24. The molecule has 0 aliphatic rings. The molecule has 0 unspecified atom stereocenters. The largest absolute Gasteiger partial charge is 0.347 e. The lowest BCUT2D eigenvalue weighted by molar-refractivity contribution is 0.0946. The molecule has 5 heteroatoms. The van der Waals surface area contributed by atoms with Crippen LogP contribution in [0.15, 0.2) is 24.3 Å². The SMILES string of the molecule is Cc1sc(CCN)nc1C(=O)NCc1ccccc1CC(C)C. The van der Waals surface area contributed by atoms with Gasteiger partial charge in [-0.05, 0) is 36.9 Å². The molecule has 0 aliphatic heterocycles. The van der Waals surface area contributed by atoms with Crippen molar-refractivity contribution in [3.63, 3.8) is 0 Å². The third-order valence-corrected chi connectivity index (χ3v) is 4.63. The topological polar surface area (TPSA) is 68.0 Å². The first-order chi connectivity index (χ1) is 11.0. The number of carbonyl (C=O) groups is 1. The van der Waals surface area contributed by atoms with E-state index in [0.717, 1.165) is 22.7 Å². The highest BCUT2D eigenvalue weighted by Crippen LogP contribution is 2.18. The maximum atomic E-state index is 12.4. The molecule has 124 valence electrons. The maximum Gasteiger partial charge on any atom is 0.271 e. The number of hydrogen-bond acceptors (Lipinski definition) is 4. The summed E-state index contributed by atoms with van der Waals surface area (Å²) in [6, 6.07) is 8.27. The fraction of sp³-hybridized carbons (Fsp3) is 0.444. The summed E-state index contributed by atoms with van der Waals surface area (Å²) in [4.78, 5) is 17.7. The molecular formula is C18H25N3OS. The minimum atomic E-state index is -0.110. The highest BCUT2D eigenvalue weighted by atomic mass is 32.1. The second-order valence-electron chi connectivity index (χ2n) is 6.10. The number of nitrogens with two attached hydrogens (primary N) is 1. The standard InChI is InChI=1S/C18H25N3OS/c1-12(2)10-14-6-4-5-7-15(14)11-20-18(22)17-13(3)23-16(21-17)8-9-19/h4-7,12H,8-11,19H2,1-3H3,(H,20,22). The summed E-state index contributed by atoms with van der Waals surface area (Å²) in [6.45, 7) is 7.42. The number of rotatable bonds is 7. The van der Waals surface area contributed by atoms with Gasteiger partial charge in [0.05, 0.1) is 5.01 Å². The van der Waals surface area contributed by atoms with Gasteiger partial charge < -0.3 is 11.1 Å². The zero-order valence-electron chi connectivity index (χ0n) is 14.1. The van der Waals surface area contributed by atoms with Crippen LogP contribution in [0, 0.1) is 12.8 Å². The van der Waals surface area contributed by atoms with Crippen LogP contribution in [-0.4, -0.2) is 17.4 Å². The highest BCUT2D eigenvalue weighted by molar-refractivity contribution is 7.11. The minimum Gasteiger partial charge on any atom is -0.347 e. The fourth-order valence-electron chi connectivity index (χ4n) is 2.52. The van der Waals surface area contributed by atoms with E-state index in [2.05, 4.69) is 36.3 Å². The van der Waals surface area contributed by atoms with Crippen LogP contribution in [0.4, 0.5) is 0 Å². The monoisotopic (exact) mass is 331 g/mol. The normalized spacial score (nSPS) is 11.0. The van der Waals surface area contributed by atoms with Crippen molar-refractivity contribution in [3.8, 4) is 0 Å². The van der Waals surface area contributed by atoms with Crippen LogP contribution >= 0.6 is 11.3 Å². The molecule has 0 atom stereocenters. The van der Waals surface area contributed by atoms with Gasteiger partial charge in [0, 0.05) is 17.8 Å².